The van der Waals surface area contributed by atoms with Crippen molar-refractivity contribution in [2.24, 2.45) is 0 Å². The highest BCUT2D eigenvalue weighted by atomic mass is 32.2. The molecule has 0 spiro atoms. The van der Waals surface area contributed by atoms with E-state index in [0.717, 1.165) is 22.5 Å². The number of sulfonamides is 1. The van der Waals surface area contributed by atoms with Crippen molar-refractivity contribution in [3.05, 3.63) is 41.6 Å². The zero-order chi connectivity index (χ0) is 21.5. The first-order valence-corrected chi connectivity index (χ1v) is 10.2. The van der Waals surface area contributed by atoms with E-state index >= 15 is 0 Å². The van der Waals surface area contributed by atoms with Gasteiger partial charge in [0, 0.05) is 38.4 Å². The normalized spacial score (nSPS) is 15.7. The second-order valence-electron chi connectivity index (χ2n) is 6.19. The monoisotopic (exact) mass is 437 g/mol. The van der Waals surface area contributed by atoms with Gasteiger partial charge in [-0.15, -0.1) is 0 Å². The van der Waals surface area contributed by atoms with Crippen LogP contribution in [0, 0.1) is 0 Å². The fraction of sp³-hybridized carbons (Fsp3) is 0.471. The molecule has 1 amide bonds. The summed E-state index contributed by atoms with van der Waals surface area (Å²) in [7, 11) is -4.08. The number of carbonyl (C=O) groups is 1. The van der Waals surface area contributed by atoms with Crippen molar-refractivity contribution in [1.29, 1.82) is 0 Å². The summed E-state index contributed by atoms with van der Waals surface area (Å²) in [5.74, 6) is -0.379. The van der Waals surface area contributed by atoms with Gasteiger partial charge in [0.1, 0.15) is 0 Å². The van der Waals surface area contributed by atoms with E-state index in [2.05, 4.69) is 10.8 Å². The van der Waals surface area contributed by atoms with Crippen molar-refractivity contribution in [3.63, 3.8) is 0 Å². The van der Waals surface area contributed by atoms with Crippen LogP contribution < -0.4 is 10.8 Å². The second-order valence-corrected chi connectivity index (χ2v) is 8.12. The van der Waals surface area contributed by atoms with Gasteiger partial charge >= 0.3 is 6.18 Å². The third kappa shape index (κ3) is 6.70. The molecule has 1 aromatic rings. The average molecular weight is 437 g/mol. The largest absolute Gasteiger partial charge is 0.416 e. The summed E-state index contributed by atoms with van der Waals surface area (Å²) >= 11 is 0. The molecule has 0 saturated carbocycles. The van der Waals surface area contributed by atoms with Gasteiger partial charge in [-0.3, -0.25) is 15.1 Å². The molecule has 162 valence electrons. The molecule has 12 heteroatoms. The van der Waals surface area contributed by atoms with Crippen LogP contribution >= 0.6 is 0 Å². The van der Waals surface area contributed by atoms with Gasteiger partial charge in [-0.2, -0.15) is 17.5 Å². The van der Waals surface area contributed by atoms with E-state index < -0.39 is 26.7 Å². The lowest BCUT2D eigenvalue weighted by Gasteiger charge is -2.26. The zero-order valence-corrected chi connectivity index (χ0v) is 16.2. The Kier molecular flexibility index (Phi) is 8.02. The Bertz CT molecular complexity index is 843. The topological polar surface area (TPSA) is 108 Å². The van der Waals surface area contributed by atoms with Gasteiger partial charge < -0.3 is 10.4 Å². The molecule has 0 aliphatic carbocycles. The maximum absolute atomic E-state index is 12.8. The molecular formula is C17H22F3N3O5S. The van der Waals surface area contributed by atoms with Crippen LogP contribution in [-0.4, -0.2) is 56.6 Å². The number of amides is 1. The third-order valence-corrected chi connectivity index (χ3v) is 5.90. The van der Waals surface area contributed by atoms with Crippen LogP contribution in [0.2, 0.25) is 0 Å². The molecule has 29 heavy (non-hydrogen) atoms. The van der Waals surface area contributed by atoms with Crippen LogP contribution in [0.1, 0.15) is 18.4 Å². The van der Waals surface area contributed by atoms with Gasteiger partial charge in [0.25, 0.3) is 0 Å². The first-order chi connectivity index (χ1) is 13.6. The Balaban J connectivity index is 1.90. The van der Waals surface area contributed by atoms with E-state index in [4.69, 9.17) is 9.94 Å². The molecule has 8 nitrogen and oxygen atoms in total. The molecule has 3 N–H and O–H groups in total. The Morgan fingerprint density at radius 3 is 2.69 bits per heavy atom. The molecule has 0 saturated heterocycles. The minimum Gasteiger partial charge on any atom is -0.396 e. The molecule has 2 rings (SSSR count). The van der Waals surface area contributed by atoms with Crippen molar-refractivity contribution in [3.8, 4) is 0 Å². The number of hydrogen-bond donors (Lipinski definition) is 3. The fourth-order valence-corrected chi connectivity index (χ4v) is 3.92. The fourth-order valence-electron chi connectivity index (χ4n) is 2.50. The molecule has 0 aromatic heterocycles. The van der Waals surface area contributed by atoms with Crippen LogP contribution in [0.3, 0.4) is 0 Å². The Morgan fingerprint density at radius 2 is 2.07 bits per heavy atom. The molecule has 1 aliphatic rings. The van der Waals surface area contributed by atoms with Crippen LogP contribution in [0.5, 0.6) is 0 Å². The highest BCUT2D eigenvalue weighted by Gasteiger charge is 2.33. The number of carbonyl (C=O) groups excluding carboxylic acids is 1. The van der Waals surface area contributed by atoms with E-state index in [1.165, 1.54) is 6.08 Å². The minimum atomic E-state index is -4.63. The second kappa shape index (κ2) is 10.1. The lowest BCUT2D eigenvalue weighted by atomic mass is 10.2. The Labute approximate surface area is 166 Å². The molecule has 1 aliphatic heterocycles. The maximum atomic E-state index is 12.8. The zero-order valence-electron chi connectivity index (χ0n) is 15.4. The van der Waals surface area contributed by atoms with Crippen LogP contribution in [-0.2, 0) is 25.8 Å². The van der Waals surface area contributed by atoms with E-state index in [0.29, 0.717) is 24.7 Å². The summed E-state index contributed by atoms with van der Waals surface area (Å²) in [5, 5.41) is 11.2. The quantitative estimate of drug-likeness (QED) is 0.393. The number of benzene rings is 1. The molecule has 0 unspecified atom stereocenters. The van der Waals surface area contributed by atoms with E-state index in [1.807, 2.05) is 0 Å². The van der Waals surface area contributed by atoms with Crippen molar-refractivity contribution in [2.45, 2.75) is 23.9 Å². The number of hydroxylamine groups is 1. The summed E-state index contributed by atoms with van der Waals surface area (Å²) in [6.07, 6.45) is -2.44. The Hall–Kier alpha value is -2.15. The Morgan fingerprint density at radius 1 is 1.31 bits per heavy atom. The number of nitrogens with zero attached hydrogens (tertiary/aromatic N) is 1. The molecular weight excluding hydrogens is 415 g/mol. The summed E-state index contributed by atoms with van der Waals surface area (Å²) < 4.78 is 64.8. The van der Waals surface area contributed by atoms with Crippen LogP contribution in [0.15, 0.2) is 40.9 Å². The number of nitrogens with one attached hydrogen (secondary N) is 2. The van der Waals surface area contributed by atoms with Crippen LogP contribution in [0.25, 0.3) is 0 Å². The van der Waals surface area contributed by atoms with E-state index in [-0.39, 0.29) is 38.6 Å². The number of rotatable bonds is 9. The van der Waals surface area contributed by atoms with Gasteiger partial charge in [0.15, 0.2) is 6.61 Å². The lowest BCUT2D eigenvalue weighted by molar-refractivity contribution is -0.137. The summed E-state index contributed by atoms with van der Waals surface area (Å²) in [6.45, 7) is 0.0153. The van der Waals surface area contributed by atoms with Crippen molar-refractivity contribution < 1.29 is 36.3 Å². The van der Waals surface area contributed by atoms with E-state index in [1.54, 1.807) is 0 Å². The maximum Gasteiger partial charge on any atom is 0.416 e. The molecule has 0 atom stereocenters. The molecule has 1 heterocycles. The van der Waals surface area contributed by atoms with Crippen molar-refractivity contribution in [1.82, 2.24) is 15.1 Å². The lowest BCUT2D eigenvalue weighted by Crippen LogP contribution is -2.37. The number of hydrogen-bond acceptors (Lipinski definition) is 6. The molecule has 0 bridgehead atoms. The number of aliphatic hydroxyl groups excluding tert-OH is 1. The van der Waals surface area contributed by atoms with Gasteiger partial charge in [-0.1, -0.05) is 6.07 Å². The smallest absolute Gasteiger partial charge is 0.396 e. The van der Waals surface area contributed by atoms with Gasteiger partial charge in [-0.05, 0) is 30.7 Å². The van der Waals surface area contributed by atoms with Crippen LogP contribution in [0.4, 0.5) is 13.2 Å². The summed E-state index contributed by atoms with van der Waals surface area (Å²) in [6, 6.07) is 3.61. The first-order valence-electron chi connectivity index (χ1n) is 8.76. The highest BCUT2D eigenvalue weighted by molar-refractivity contribution is 7.89. The minimum absolute atomic E-state index is 0.0355. The predicted molar refractivity (Wildman–Crippen MR) is 96.7 cm³/mol. The number of alkyl halides is 3. The predicted octanol–water partition coefficient (Wildman–Crippen LogP) is 1.00. The third-order valence-electron chi connectivity index (χ3n) is 4.03. The number of aliphatic hydroxyl groups is 1. The standard InChI is InChI=1S/C17H22F3N3O5S/c18-17(19,20)13-3-1-4-15(11-13)29(26,27)23-8-5-14(6-9-23)22-28-12-16(25)21-7-2-10-24/h1,3-5,11,22,24H,2,6-10,12H2,(H,21,25). The average Bonchev–Trinajstić information content (AvgIpc) is 2.68. The molecule has 0 fully saturated rings. The van der Waals surface area contributed by atoms with Gasteiger partial charge in [0.2, 0.25) is 15.9 Å². The number of halogens is 3. The highest BCUT2D eigenvalue weighted by Crippen LogP contribution is 2.31. The molecule has 1 aromatic carbocycles. The van der Waals surface area contributed by atoms with Crippen molar-refractivity contribution >= 4 is 15.9 Å². The van der Waals surface area contributed by atoms with Gasteiger partial charge in [-0.25, -0.2) is 8.42 Å². The van der Waals surface area contributed by atoms with Crippen molar-refractivity contribution in [2.75, 3.05) is 32.8 Å². The van der Waals surface area contributed by atoms with E-state index in [9.17, 15) is 26.4 Å². The summed E-state index contributed by atoms with van der Waals surface area (Å²) in [5.41, 5.74) is 2.09. The first kappa shape index (κ1) is 23.1. The SMILES string of the molecule is O=C(CONC1=CCN(S(=O)(=O)c2cccc(C(F)(F)F)c2)CC1)NCCCO. The molecule has 0 radical (unpaired) electrons. The summed E-state index contributed by atoms with van der Waals surface area (Å²) in [4.78, 5) is 16.1. The van der Waals surface area contributed by atoms with Gasteiger partial charge in [0.05, 0.1) is 10.5 Å².